The summed E-state index contributed by atoms with van der Waals surface area (Å²) >= 11 is 1.59. The lowest BCUT2D eigenvalue weighted by atomic mass is 10.0. The van der Waals surface area contributed by atoms with E-state index in [9.17, 15) is 4.21 Å². The first-order valence-corrected chi connectivity index (χ1v) is 17.1. The summed E-state index contributed by atoms with van der Waals surface area (Å²) in [7, 11) is 1.05. The van der Waals surface area contributed by atoms with Crippen LogP contribution in [-0.2, 0) is 11.0 Å². The minimum absolute atomic E-state index is 0.132. The highest BCUT2D eigenvalue weighted by molar-refractivity contribution is 8.11. The first-order valence-electron chi connectivity index (χ1n) is 15.0. The summed E-state index contributed by atoms with van der Waals surface area (Å²) in [4.78, 5) is 13.8. The summed E-state index contributed by atoms with van der Waals surface area (Å²) in [6.07, 6.45) is 7.35. The number of hydrogen-bond donors (Lipinski definition) is 2. The van der Waals surface area contributed by atoms with Crippen LogP contribution in [0.4, 0.5) is 11.6 Å². The molecule has 1 saturated heterocycles. The molecule has 1 saturated carbocycles. The van der Waals surface area contributed by atoms with E-state index in [4.69, 9.17) is 9.72 Å². The van der Waals surface area contributed by atoms with Crippen LogP contribution in [0, 0.1) is 11.8 Å². The van der Waals surface area contributed by atoms with Crippen LogP contribution in [0.3, 0.4) is 0 Å². The maximum Gasteiger partial charge on any atom is 0.223 e. The Hall–Kier alpha value is -2.88. The van der Waals surface area contributed by atoms with Gasteiger partial charge in [-0.05, 0) is 81.6 Å². The molecule has 42 heavy (non-hydrogen) atoms. The molecule has 1 aromatic heterocycles. The maximum atomic E-state index is 12.7. The molecule has 1 aliphatic heterocycles. The molecule has 2 aliphatic rings. The molecular weight excluding hydrogens is 563 g/mol. The third kappa shape index (κ3) is 7.94. The summed E-state index contributed by atoms with van der Waals surface area (Å²) in [5, 5.41) is 5.52. The van der Waals surface area contributed by atoms with Gasteiger partial charge in [-0.15, -0.1) is 0 Å². The van der Waals surface area contributed by atoms with Gasteiger partial charge >= 0.3 is 0 Å². The second kappa shape index (κ2) is 14.1. The molecule has 224 valence electrons. The number of likely N-dealkylation sites (N-methyl/N-ethyl adjacent to an activating group) is 1. The molecular formula is C33H43N5O2S2. The van der Waals surface area contributed by atoms with Crippen LogP contribution in [0.25, 0.3) is 15.7 Å². The average Bonchev–Trinajstić information content (AvgIpc) is 3.79. The Morgan fingerprint density at radius 2 is 1.98 bits per heavy atom. The molecule has 9 heteroatoms. The van der Waals surface area contributed by atoms with Crippen molar-refractivity contribution in [2.24, 2.45) is 11.8 Å². The van der Waals surface area contributed by atoms with Crippen molar-refractivity contribution >= 4 is 50.1 Å². The van der Waals surface area contributed by atoms with Crippen LogP contribution >= 0.6 is 11.8 Å². The lowest BCUT2D eigenvalue weighted by Crippen LogP contribution is -2.40. The number of fused-ring (bicyclic) bond motifs is 1. The first kappa shape index (κ1) is 30.6. The number of benzene rings is 2. The molecule has 0 spiro atoms. The van der Waals surface area contributed by atoms with E-state index in [1.54, 1.807) is 11.8 Å². The highest BCUT2D eigenvalue weighted by atomic mass is 32.2. The molecule has 2 aromatic carbocycles. The van der Waals surface area contributed by atoms with Gasteiger partial charge in [-0.1, -0.05) is 56.5 Å². The maximum absolute atomic E-state index is 12.7. The lowest BCUT2D eigenvalue weighted by molar-refractivity contribution is 0.260. The highest BCUT2D eigenvalue weighted by Gasteiger charge is 2.25. The van der Waals surface area contributed by atoms with Gasteiger partial charge in [0.1, 0.15) is 22.5 Å². The topological polar surface area (TPSA) is 79.4 Å². The number of nitrogens with zero attached hydrogens (tertiary/aromatic N) is 3. The number of ether oxygens (including phenoxy) is 1. The fourth-order valence-electron chi connectivity index (χ4n) is 5.21. The zero-order chi connectivity index (χ0) is 29.6. The number of anilines is 2. The Morgan fingerprint density at radius 1 is 1.19 bits per heavy atom. The number of rotatable bonds is 13. The third-order valence-corrected chi connectivity index (χ3v) is 10.0. The minimum atomic E-state index is -1.10. The van der Waals surface area contributed by atoms with Crippen molar-refractivity contribution in [3.8, 4) is 5.75 Å². The standard InChI is InChI=1S/C33H43N5O2S2/c1-6-23(4)31(32(41-22(2)3)29-17-18-34-33(36-29)35-25-10-9-19-38(5)20-25)40-30-16-15-28(26-11-7-8-12-27(26)30)37-42(39)21-24-13-14-24/h7-8,11-12,15-18,23-25,37H,2,6,9-10,13-14,19-21H2,1,3-5H3,(H,34,35,36)/b32-31+. The fourth-order valence-corrected chi connectivity index (χ4v) is 7.39. The Balaban J connectivity index is 1.50. The third-order valence-electron chi connectivity index (χ3n) is 7.82. The Bertz CT molecular complexity index is 1470. The Kier molecular flexibility index (Phi) is 10.2. The summed E-state index contributed by atoms with van der Waals surface area (Å²) in [5.41, 5.74) is 1.68. The van der Waals surface area contributed by atoms with Crippen molar-refractivity contribution in [1.29, 1.82) is 0 Å². The van der Waals surface area contributed by atoms with Crippen molar-refractivity contribution in [2.75, 3.05) is 35.9 Å². The number of hydrogen-bond acceptors (Lipinski definition) is 7. The van der Waals surface area contributed by atoms with Gasteiger partial charge in [0.15, 0.2) is 0 Å². The normalized spacial score (nSPS) is 19.6. The number of thioether (sulfide) groups is 1. The smallest absolute Gasteiger partial charge is 0.223 e. The summed E-state index contributed by atoms with van der Waals surface area (Å²) in [6.45, 7) is 12.7. The van der Waals surface area contributed by atoms with Crippen LogP contribution in [0.2, 0.25) is 0 Å². The van der Waals surface area contributed by atoms with Crippen LogP contribution in [0.5, 0.6) is 5.75 Å². The zero-order valence-electron chi connectivity index (χ0n) is 25.2. The van der Waals surface area contributed by atoms with Crippen LogP contribution in [0.1, 0.15) is 58.6 Å². The summed E-state index contributed by atoms with van der Waals surface area (Å²) < 4.78 is 22.9. The predicted molar refractivity (Wildman–Crippen MR) is 179 cm³/mol. The van der Waals surface area contributed by atoms with Gasteiger partial charge < -0.3 is 19.7 Å². The summed E-state index contributed by atoms with van der Waals surface area (Å²) in [5.74, 6) is 3.67. The predicted octanol–water partition coefficient (Wildman–Crippen LogP) is 7.68. The largest absolute Gasteiger partial charge is 0.460 e. The van der Waals surface area contributed by atoms with Crippen molar-refractivity contribution in [3.05, 3.63) is 71.6 Å². The Morgan fingerprint density at radius 3 is 2.69 bits per heavy atom. The second-order valence-electron chi connectivity index (χ2n) is 11.6. The molecule has 5 rings (SSSR count). The number of allylic oxidation sites excluding steroid dienone is 2. The monoisotopic (exact) mass is 605 g/mol. The van der Waals surface area contributed by atoms with E-state index in [1.165, 1.54) is 12.8 Å². The van der Waals surface area contributed by atoms with E-state index in [1.807, 2.05) is 43.5 Å². The van der Waals surface area contributed by atoms with E-state index in [0.717, 1.165) is 75.8 Å². The number of aromatic nitrogens is 2. The number of piperidine rings is 1. The van der Waals surface area contributed by atoms with Gasteiger partial charge in [-0.2, -0.15) is 0 Å². The Labute approximate surface area is 257 Å². The molecule has 3 unspecified atom stereocenters. The van der Waals surface area contributed by atoms with Gasteiger partial charge in [0.25, 0.3) is 0 Å². The van der Waals surface area contributed by atoms with E-state index < -0.39 is 11.0 Å². The van der Waals surface area contributed by atoms with Crippen molar-refractivity contribution < 1.29 is 8.95 Å². The van der Waals surface area contributed by atoms with Crippen LogP contribution in [0.15, 0.2) is 65.9 Å². The second-order valence-corrected chi connectivity index (χ2v) is 14.2. The zero-order valence-corrected chi connectivity index (χ0v) is 26.8. The van der Waals surface area contributed by atoms with Crippen molar-refractivity contribution in [1.82, 2.24) is 14.9 Å². The fraction of sp³-hybridized carbons (Fsp3) is 0.455. The minimum Gasteiger partial charge on any atom is -0.460 e. The molecule has 7 nitrogen and oxygen atoms in total. The SMILES string of the molecule is C=C(C)S/C(=C(/Oc1ccc(NS(=O)CC2CC2)c2ccccc12)C(C)CC)c1ccnc(NC2CCCN(C)C2)n1. The van der Waals surface area contributed by atoms with Gasteiger partial charge in [-0.25, -0.2) is 14.2 Å². The number of likely N-dealkylation sites (tertiary alicyclic amines) is 1. The van der Waals surface area contributed by atoms with Crippen LogP contribution < -0.4 is 14.8 Å². The number of nitrogens with one attached hydrogen (secondary N) is 2. The van der Waals surface area contributed by atoms with E-state index in [2.05, 4.69) is 59.5 Å². The molecule has 0 bridgehead atoms. The average molecular weight is 606 g/mol. The van der Waals surface area contributed by atoms with Crippen molar-refractivity contribution in [2.45, 2.75) is 58.9 Å². The highest BCUT2D eigenvalue weighted by Crippen LogP contribution is 2.41. The van der Waals surface area contributed by atoms with Gasteiger partial charge in [0, 0.05) is 41.2 Å². The first-order chi connectivity index (χ1) is 20.3. The van der Waals surface area contributed by atoms with E-state index in [0.29, 0.717) is 23.7 Å². The summed E-state index contributed by atoms with van der Waals surface area (Å²) in [6, 6.07) is 14.4. The molecule has 3 aromatic rings. The molecule has 0 radical (unpaired) electrons. The molecule has 1 aliphatic carbocycles. The van der Waals surface area contributed by atoms with Gasteiger partial charge in [0.2, 0.25) is 5.95 Å². The van der Waals surface area contributed by atoms with Gasteiger partial charge in [-0.3, -0.25) is 0 Å². The lowest BCUT2D eigenvalue weighted by Gasteiger charge is -2.30. The quantitative estimate of drug-likeness (QED) is 0.194. The molecule has 2 N–H and O–H groups in total. The van der Waals surface area contributed by atoms with Gasteiger partial charge in [0.05, 0.1) is 16.3 Å². The molecule has 0 amide bonds. The van der Waals surface area contributed by atoms with Crippen molar-refractivity contribution in [3.63, 3.8) is 0 Å². The molecule has 3 atom stereocenters. The molecule has 2 heterocycles. The van der Waals surface area contributed by atoms with E-state index >= 15 is 0 Å². The van der Waals surface area contributed by atoms with E-state index in [-0.39, 0.29) is 5.92 Å². The van der Waals surface area contributed by atoms with Crippen LogP contribution in [-0.4, -0.2) is 51.0 Å². The molecule has 2 fully saturated rings.